The van der Waals surface area contributed by atoms with Gasteiger partial charge in [0.2, 0.25) is 0 Å². The largest absolute Gasteiger partial charge is 0.387 e. The fourth-order valence-electron chi connectivity index (χ4n) is 1.12. The number of nitrogens with one attached hydrogen (secondary N) is 1. The highest BCUT2D eigenvalue weighted by atomic mass is 16.3. The van der Waals surface area contributed by atoms with Gasteiger partial charge in [-0.3, -0.25) is 0 Å². The number of hydrogen-bond donors (Lipinski definition) is 2. The summed E-state index contributed by atoms with van der Waals surface area (Å²) in [7, 11) is 0. The summed E-state index contributed by atoms with van der Waals surface area (Å²) in [5.41, 5.74) is 0.944. The van der Waals surface area contributed by atoms with E-state index in [9.17, 15) is 5.11 Å². The smallest absolute Gasteiger partial charge is 0.0914 e. The summed E-state index contributed by atoms with van der Waals surface area (Å²) in [5, 5.41) is 12.7. The van der Waals surface area contributed by atoms with Gasteiger partial charge in [0, 0.05) is 13.1 Å². The predicted octanol–water partition coefficient (Wildman–Crippen LogP) is 1.50. The van der Waals surface area contributed by atoms with Crippen molar-refractivity contribution >= 4 is 0 Å². The van der Waals surface area contributed by atoms with Gasteiger partial charge in [-0.1, -0.05) is 36.4 Å². The molecule has 2 heteroatoms. The van der Waals surface area contributed by atoms with E-state index in [1.54, 1.807) is 6.08 Å². The molecule has 1 atom stereocenters. The molecule has 0 bridgehead atoms. The number of aliphatic hydroxyl groups is 1. The van der Waals surface area contributed by atoms with Gasteiger partial charge in [0.15, 0.2) is 0 Å². The lowest BCUT2D eigenvalue weighted by atomic mass is 10.1. The van der Waals surface area contributed by atoms with Gasteiger partial charge in [-0.05, 0) is 5.56 Å². The highest BCUT2D eigenvalue weighted by Gasteiger charge is 2.04. The average Bonchev–Trinajstić information content (AvgIpc) is 2.19. The quantitative estimate of drug-likeness (QED) is 0.527. The van der Waals surface area contributed by atoms with Crippen LogP contribution in [0.5, 0.6) is 0 Å². The Kier molecular flexibility index (Phi) is 4.23. The second-order valence-electron chi connectivity index (χ2n) is 2.87. The molecule has 0 saturated carbocycles. The molecule has 0 heterocycles. The van der Waals surface area contributed by atoms with E-state index in [-0.39, 0.29) is 0 Å². The van der Waals surface area contributed by atoms with Crippen molar-refractivity contribution in [3.8, 4) is 0 Å². The highest BCUT2D eigenvalue weighted by Crippen LogP contribution is 2.09. The Labute approximate surface area is 78.9 Å². The molecular formula is C11H15NO. The van der Waals surface area contributed by atoms with E-state index in [2.05, 4.69) is 11.9 Å². The van der Waals surface area contributed by atoms with Gasteiger partial charge in [-0.2, -0.15) is 0 Å². The van der Waals surface area contributed by atoms with Crippen LogP contribution in [0, 0.1) is 0 Å². The molecule has 2 N–H and O–H groups in total. The summed E-state index contributed by atoms with van der Waals surface area (Å²) < 4.78 is 0. The zero-order valence-electron chi connectivity index (χ0n) is 7.61. The Morgan fingerprint density at radius 2 is 2.08 bits per heavy atom. The number of aliphatic hydroxyl groups excluding tert-OH is 1. The summed E-state index contributed by atoms with van der Waals surface area (Å²) in [5.74, 6) is 0. The minimum absolute atomic E-state index is 0.429. The molecule has 0 aliphatic heterocycles. The molecule has 2 nitrogen and oxygen atoms in total. The summed E-state index contributed by atoms with van der Waals surface area (Å²) in [4.78, 5) is 0. The molecule has 0 saturated heterocycles. The van der Waals surface area contributed by atoms with Gasteiger partial charge >= 0.3 is 0 Å². The van der Waals surface area contributed by atoms with Crippen molar-refractivity contribution in [1.82, 2.24) is 5.32 Å². The van der Waals surface area contributed by atoms with E-state index in [1.807, 2.05) is 30.3 Å². The monoisotopic (exact) mass is 177 g/mol. The van der Waals surface area contributed by atoms with Crippen LogP contribution in [0.25, 0.3) is 0 Å². The molecule has 0 radical (unpaired) electrons. The molecule has 0 fully saturated rings. The van der Waals surface area contributed by atoms with Crippen LogP contribution in [0.2, 0.25) is 0 Å². The van der Waals surface area contributed by atoms with E-state index in [0.717, 1.165) is 12.1 Å². The molecule has 1 rings (SSSR count). The molecule has 13 heavy (non-hydrogen) atoms. The van der Waals surface area contributed by atoms with E-state index >= 15 is 0 Å². The zero-order valence-corrected chi connectivity index (χ0v) is 7.61. The van der Waals surface area contributed by atoms with Crippen LogP contribution in [0.15, 0.2) is 43.0 Å². The van der Waals surface area contributed by atoms with Crippen LogP contribution >= 0.6 is 0 Å². The molecule has 0 unspecified atom stereocenters. The van der Waals surface area contributed by atoms with Crippen molar-refractivity contribution in [3.05, 3.63) is 48.6 Å². The minimum atomic E-state index is -0.429. The van der Waals surface area contributed by atoms with Crippen LogP contribution in [-0.4, -0.2) is 18.2 Å². The van der Waals surface area contributed by atoms with Crippen LogP contribution < -0.4 is 5.32 Å². The number of hydrogen-bond acceptors (Lipinski definition) is 2. The summed E-state index contributed by atoms with van der Waals surface area (Å²) in [6.07, 6.45) is 1.35. The van der Waals surface area contributed by atoms with Gasteiger partial charge in [0.05, 0.1) is 6.10 Å². The second kappa shape index (κ2) is 5.51. The Balaban J connectivity index is 2.39. The molecule has 0 aliphatic rings. The zero-order chi connectivity index (χ0) is 9.52. The van der Waals surface area contributed by atoms with E-state index < -0.39 is 6.10 Å². The maximum atomic E-state index is 9.65. The lowest BCUT2D eigenvalue weighted by Crippen LogP contribution is -2.21. The maximum Gasteiger partial charge on any atom is 0.0914 e. The summed E-state index contributed by atoms with van der Waals surface area (Å²) in [6, 6.07) is 9.62. The number of rotatable bonds is 5. The molecule has 0 aromatic heterocycles. The molecule has 70 valence electrons. The van der Waals surface area contributed by atoms with Crippen LogP contribution in [0.1, 0.15) is 11.7 Å². The van der Waals surface area contributed by atoms with Crippen LogP contribution in [0.3, 0.4) is 0 Å². The molecular weight excluding hydrogens is 162 g/mol. The van der Waals surface area contributed by atoms with Gasteiger partial charge in [-0.25, -0.2) is 0 Å². The highest BCUT2D eigenvalue weighted by molar-refractivity contribution is 5.17. The van der Waals surface area contributed by atoms with Crippen molar-refractivity contribution in [2.45, 2.75) is 6.10 Å². The fraction of sp³-hybridized carbons (Fsp3) is 0.273. The Morgan fingerprint density at radius 3 is 2.69 bits per heavy atom. The maximum absolute atomic E-state index is 9.65. The second-order valence-corrected chi connectivity index (χ2v) is 2.87. The first kappa shape index (κ1) is 9.96. The third kappa shape index (κ3) is 3.40. The standard InChI is InChI=1S/C11H15NO/c1-2-8-12-9-11(13)10-6-4-3-5-7-10/h2-7,11-13H,1,8-9H2/t11-/m0/s1. The summed E-state index contributed by atoms with van der Waals surface area (Å²) >= 11 is 0. The number of benzene rings is 1. The van der Waals surface area contributed by atoms with E-state index in [0.29, 0.717) is 6.54 Å². The van der Waals surface area contributed by atoms with Crippen molar-refractivity contribution in [1.29, 1.82) is 0 Å². The first-order valence-electron chi connectivity index (χ1n) is 4.39. The van der Waals surface area contributed by atoms with Crippen LogP contribution in [0.4, 0.5) is 0 Å². The van der Waals surface area contributed by atoms with Crippen molar-refractivity contribution < 1.29 is 5.11 Å². The van der Waals surface area contributed by atoms with Crippen LogP contribution in [-0.2, 0) is 0 Å². The van der Waals surface area contributed by atoms with Gasteiger partial charge in [-0.15, -0.1) is 6.58 Å². The topological polar surface area (TPSA) is 32.3 Å². The first-order chi connectivity index (χ1) is 6.34. The molecule has 0 amide bonds. The van der Waals surface area contributed by atoms with Crippen molar-refractivity contribution in [3.63, 3.8) is 0 Å². The molecule has 1 aromatic carbocycles. The first-order valence-corrected chi connectivity index (χ1v) is 4.39. The minimum Gasteiger partial charge on any atom is -0.387 e. The lowest BCUT2D eigenvalue weighted by Gasteiger charge is -2.10. The average molecular weight is 177 g/mol. The molecule has 0 aliphatic carbocycles. The Bertz CT molecular complexity index is 246. The van der Waals surface area contributed by atoms with Crippen molar-refractivity contribution in [2.24, 2.45) is 0 Å². The van der Waals surface area contributed by atoms with Crippen molar-refractivity contribution in [2.75, 3.05) is 13.1 Å². The molecule has 0 spiro atoms. The lowest BCUT2D eigenvalue weighted by molar-refractivity contribution is 0.176. The normalized spacial score (nSPS) is 12.4. The van der Waals surface area contributed by atoms with E-state index in [1.165, 1.54) is 0 Å². The van der Waals surface area contributed by atoms with E-state index in [4.69, 9.17) is 0 Å². The molecule has 1 aromatic rings. The SMILES string of the molecule is C=CCNC[C@H](O)c1ccccc1. The third-order valence-electron chi connectivity index (χ3n) is 1.81. The summed E-state index contributed by atoms with van der Waals surface area (Å²) in [6.45, 7) is 4.88. The van der Waals surface area contributed by atoms with Gasteiger partial charge < -0.3 is 10.4 Å². The fourth-order valence-corrected chi connectivity index (χ4v) is 1.12. The third-order valence-corrected chi connectivity index (χ3v) is 1.81. The predicted molar refractivity (Wildman–Crippen MR) is 54.5 cm³/mol. The Morgan fingerprint density at radius 1 is 1.38 bits per heavy atom. The van der Waals surface area contributed by atoms with Gasteiger partial charge in [0.25, 0.3) is 0 Å². The Hall–Kier alpha value is -1.12. The van der Waals surface area contributed by atoms with Gasteiger partial charge in [0.1, 0.15) is 0 Å².